The molecule has 4 heteroatoms. The number of pyridine rings is 1. The largest absolute Gasteiger partial charge is 0.466 e. The fourth-order valence-corrected chi connectivity index (χ4v) is 1.69. The van der Waals surface area contributed by atoms with E-state index in [1.807, 2.05) is 25.1 Å². The zero-order valence-corrected chi connectivity index (χ0v) is 11.4. The van der Waals surface area contributed by atoms with Crippen molar-refractivity contribution in [2.45, 2.75) is 39.8 Å². The zero-order valence-electron chi connectivity index (χ0n) is 11.4. The van der Waals surface area contributed by atoms with Crippen LogP contribution in [0, 0.1) is 0 Å². The van der Waals surface area contributed by atoms with Crippen LogP contribution in [0.25, 0.3) is 0 Å². The van der Waals surface area contributed by atoms with Crippen LogP contribution in [0.5, 0.6) is 0 Å². The molecule has 0 radical (unpaired) electrons. The molecule has 0 fully saturated rings. The van der Waals surface area contributed by atoms with E-state index >= 15 is 0 Å². The molecule has 1 heterocycles. The van der Waals surface area contributed by atoms with Gasteiger partial charge in [-0.2, -0.15) is 0 Å². The summed E-state index contributed by atoms with van der Waals surface area (Å²) in [6.07, 6.45) is 2.22. The van der Waals surface area contributed by atoms with E-state index in [2.05, 4.69) is 23.7 Å². The van der Waals surface area contributed by atoms with Crippen molar-refractivity contribution in [3.05, 3.63) is 30.1 Å². The Labute approximate surface area is 109 Å². The van der Waals surface area contributed by atoms with Crippen molar-refractivity contribution in [2.24, 2.45) is 0 Å². The fourth-order valence-electron chi connectivity index (χ4n) is 1.69. The SMILES string of the molecule is CCOC(=O)CCN(Cc1ccccn1)C(C)C. The lowest BCUT2D eigenvalue weighted by molar-refractivity contribution is -0.143. The maximum atomic E-state index is 11.4. The van der Waals surface area contributed by atoms with Crippen molar-refractivity contribution in [1.29, 1.82) is 0 Å². The topological polar surface area (TPSA) is 42.4 Å². The van der Waals surface area contributed by atoms with Gasteiger partial charge >= 0.3 is 5.97 Å². The second kappa shape index (κ2) is 7.82. The Bertz CT molecular complexity index is 352. The lowest BCUT2D eigenvalue weighted by Gasteiger charge is -2.25. The molecule has 4 nitrogen and oxygen atoms in total. The molecule has 1 aromatic rings. The number of nitrogens with zero attached hydrogens (tertiary/aromatic N) is 2. The van der Waals surface area contributed by atoms with E-state index in [4.69, 9.17) is 4.74 Å². The van der Waals surface area contributed by atoms with E-state index in [1.54, 1.807) is 6.20 Å². The maximum Gasteiger partial charge on any atom is 0.307 e. The van der Waals surface area contributed by atoms with E-state index in [-0.39, 0.29) is 5.97 Å². The van der Waals surface area contributed by atoms with Gasteiger partial charge in [-0.15, -0.1) is 0 Å². The first-order valence-electron chi connectivity index (χ1n) is 6.43. The van der Waals surface area contributed by atoms with Crippen molar-refractivity contribution in [3.63, 3.8) is 0 Å². The lowest BCUT2D eigenvalue weighted by Crippen LogP contribution is -2.33. The van der Waals surface area contributed by atoms with Gasteiger partial charge in [-0.1, -0.05) is 6.07 Å². The Morgan fingerprint density at radius 3 is 2.78 bits per heavy atom. The smallest absolute Gasteiger partial charge is 0.307 e. The third-order valence-corrected chi connectivity index (χ3v) is 2.73. The van der Waals surface area contributed by atoms with Crippen LogP contribution in [0.1, 0.15) is 32.9 Å². The van der Waals surface area contributed by atoms with Crippen LogP contribution in [0.15, 0.2) is 24.4 Å². The van der Waals surface area contributed by atoms with Gasteiger partial charge in [0.15, 0.2) is 0 Å². The average Bonchev–Trinajstić information content (AvgIpc) is 2.35. The summed E-state index contributed by atoms with van der Waals surface area (Å²) < 4.78 is 4.94. The number of carbonyl (C=O) groups excluding carboxylic acids is 1. The molecule has 0 saturated heterocycles. The number of hydrogen-bond acceptors (Lipinski definition) is 4. The molecule has 0 aliphatic carbocycles. The van der Waals surface area contributed by atoms with Crippen LogP contribution >= 0.6 is 0 Å². The monoisotopic (exact) mass is 250 g/mol. The minimum Gasteiger partial charge on any atom is -0.466 e. The Morgan fingerprint density at radius 2 is 2.22 bits per heavy atom. The van der Waals surface area contributed by atoms with Gasteiger partial charge in [0.1, 0.15) is 0 Å². The molecular formula is C14H22N2O2. The molecule has 0 aromatic carbocycles. The van der Waals surface area contributed by atoms with Crippen molar-refractivity contribution in [1.82, 2.24) is 9.88 Å². The van der Waals surface area contributed by atoms with Gasteiger partial charge in [0.2, 0.25) is 0 Å². The molecule has 0 aliphatic heterocycles. The summed E-state index contributed by atoms with van der Waals surface area (Å²) in [5, 5.41) is 0. The summed E-state index contributed by atoms with van der Waals surface area (Å²) in [5.74, 6) is -0.135. The van der Waals surface area contributed by atoms with E-state index < -0.39 is 0 Å². The molecule has 0 saturated carbocycles. The summed E-state index contributed by atoms with van der Waals surface area (Å²) in [6, 6.07) is 6.26. The second-order valence-corrected chi connectivity index (χ2v) is 4.44. The van der Waals surface area contributed by atoms with E-state index in [9.17, 15) is 4.79 Å². The first-order valence-corrected chi connectivity index (χ1v) is 6.43. The predicted octanol–water partition coefficient (Wildman–Crippen LogP) is 2.25. The van der Waals surface area contributed by atoms with Gasteiger partial charge in [-0.25, -0.2) is 0 Å². The zero-order chi connectivity index (χ0) is 13.4. The van der Waals surface area contributed by atoms with Gasteiger partial charge in [-0.05, 0) is 32.9 Å². The summed E-state index contributed by atoms with van der Waals surface area (Å²) in [5.41, 5.74) is 1.02. The van der Waals surface area contributed by atoms with Crippen LogP contribution in [-0.4, -0.2) is 35.0 Å². The third kappa shape index (κ3) is 5.27. The van der Waals surface area contributed by atoms with Crippen LogP contribution < -0.4 is 0 Å². The average molecular weight is 250 g/mol. The van der Waals surface area contributed by atoms with Crippen LogP contribution in [0.2, 0.25) is 0 Å². The molecule has 0 bridgehead atoms. The first-order chi connectivity index (χ1) is 8.63. The number of ether oxygens (including phenoxy) is 1. The Hall–Kier alpha value is -1.42. The van der Waals surface area contributed by atoms with Gasteiger partial charge in [0.05, 0.1) is 18.7 Å². The number of aromatic nitrogens is 1. The highest BCUT2D eigenvalue weighted by Gasteiger charge is 2.13. The number of esters is 1. The van der Waals surface area contributed by atoms with Crippen molar-refractivity contribution < 1.29 is 9.53 Å². The van der Waals surface area contributed by atoms with Gasteiger partial charge in [0.25, 0.3) is 0 Å². The highest BCUT2D eigenvalue weighted by atomic mass is 16.5. The molecule has 0 spiro atoms. The molecule has 0 unspecified atom stereocenters. The van der Waals surface area contributed by atoms with Gasteiger partial charge in [-0.3, -0.25) is 14.7 Å². The van der Waals surface area contributed by atoms with Crippen LogP contribution in [0.4, 0.5) is 0 Å². The van der Waals surface area contributed by atoms with E-state index in [1.165, 1.54) is 0 Å². The third-order valence-electron chi connectivity index (χ3n) is 2.73. The number of hydrogen-bond donors (Lipinski definition) is 0. The van der Waals surface area contributed by atoms with E-state index in [0.717, 1.165) is 12.2 Å². The van der Waals surface area contributed by atoms with Crippen molar-refractivity contribution >= 4 is 5.97 Å². The Balaban J connectivity index is 2.48. The summed E-state index contributed by atoms with van der Waals surface area (Å²) in [7, 11) is 0. The summed E-state index contributed by atoms with van der Waals surface area (Å²) in [4.78, 5) is 17.9. The summed E-state index contributed by atoms with van der Waals surface area (Å²) >= 11 is 0. The molecule has 0 atom stereocenters. The van der Waals surface area contributed by atoms with Crippen LogP contribution in [-0.2, 0) is 16.1 Å². The minimum atomic E-state index is -0.135. The minimum absolute atomic E-state index is 0.135. The van der Waals surface area contributed by atoms with Crippen LogP contribution in [0.3, 0.4) is 0 Å². The van der Waals surface area contributed by atoms with E-state index in [0.29, 0.717) is 25.6 Å². The molecule has 0 aliphatic rings. The molecular weight excluding hydrogens is 228 g/mol. The lowest BCUT2D eigenvalue weighted by atomic mass is 10.2. The molecule has 100 valence electrons. The fraction of sp³-hybridized carbons (Fsp3) is 0.571. The highest BCUT2D eigenvalue weighted by Crippen LogP contribution is 2.07. The maximum absolute atomic E-state index is 11.4. The molecule has 1 aromatic heterocycles. The van der Waals surface area contributed by atoms with Crippen molar-refractivity contribution in [3.8, 4) is 0 Å². The normalized spacial score (nSPS) is 10.9. The highest BCUT2D eigenvalue weighted by molar-refractivity contribution is 5.69. The molecule has 18 heavy (non-hydrogen) atoms. The molecule has 0 N–H and O–H groups in total. The van der Waals surface area contributed by atoms with Gasteiger partial charge in [0, 0.05) is 25.3 Å². The second-order valence-electron chi connectivity index (χ2n) is 4.44. The Morgan fingerprint density at radius 1 is 1.44 bits per heavy atom. The quantitative estimate of drug-likeness (QED) is 0.696. The van der Waals surface area contributed by atoms with Crippen molar-refractivity contribution in [2.75, 3.05) is 13.2 Å². The number of carbonyl (C=O) groups is 1. The molecule has 0 amide bonds. The first kappa shape index (κ1) is 14.6. The summed E-state index contributed by atoms with van der Waals surface area (Å²) in [6.45, 7) is 7.97. The predicted molar refractivity (Wildman–Crippen MR) is 71.0 cm³/mol. The standard InChI is InChI=1S/C14H22N2O2/c1-4-18-14(17)8-10-16(12(2)3)11-13-7-5-6-9-15-13/h5-7,9,12H,4,8,10-11H2,1-3H3. The Kier molecular flexibility index (Phi) is 6.36. The van der Waals surface area contributed by atoms with Gasteiger partial charge < -0.3 is 4.74 Å². The molecule has 1 rings (SSSR count). The number of rotatable bonds is 7.